The predicted molar refractivity (Wildman–Crippen MR) is 72.2 cm³/mol. The van der Waals surface area contributed by atoms with Crippen LogP contribution in [0, 0.1) is 22.7 Å². The first kappa shape index (κ1) is 14.3. The first-order chi connectivity index (χ1) is 9.12. The molecule has 0 saturated carbocycles. The second-order valence-electron chi connectivity index (χ2n) is 3.88. The van der Waals surface area contributed by atoms with Crippen LogP contribution in [0.25, 0.3) is 0 Å². The summed E-state index contributed by atoms with van der Waals surface area (Å²) in [6.45, 7) is 5.63. The highest BCUT2D eigenvalue weighted by molar-refractivity contribution is 5.84. The van der Waals surface area contributed by atoms with E-state index in [2.05, 4.69) is 17.2 Å². The molecule has 0 saturated heterocycles. The van der Waals surface area contributed by atoms with Gasteiger partial charge in [0.05, 0.1) is 11.1 Å². The van der Waals surface area contributed by atoms with Crippen LogP contribution in [0.4, 0.5) is 5.69 Å². The van der Waals surface area contributed by atoms with Gasteiger partial charge in [0.15, 0.2) is 0 Å². The van der Waals surface area contributed by atoms with E-state index in [1.807, 2.05) is 12.1 Å². The third-order valence-electron chi connectivity index (χ3n) is 2.46. The summed E-state index contributed by atoms with van der Waals surface area (Å²) in [7, 11) is 0. The van der Waals surface area contributed by atoms with Gasteiger partial charge in [-0.3, -0.25) is 4.79 Å². The van der Waals surface area contributed by atoms with Crippen molar-refractivity contribution in [3.63, 3.8) is 0 Å². The van der Waals surface area contributed by atoms with Gasteiger partial charge in [0, 0.05) is 12.2 Å². The molecule has 1 aromatic rings. The fourth-order valence-electron chi connectivity index (χ4n) is 1.47. The van der Waals surface area contributed by atoms with Gasteiger partial charge in [-0.2, -0.15) is 10.5 Å². The number of nitriles is 2. The van der Waals surface area contributed by atoms with E-state index < -0.39 is 6.04 Å². The molecule has 0 aromatic heterocycles. The molecule has 0 spiro atoms. The van der Waals surface area contributed by atoms with Gasteiger partial charge in [-0.15, -0.1) is 6.58 Å². The molecule has 5 heteroatoms. The summed E-state index contributed by atoms with van der Waals surface area (Å²) < 4.78 is 0. The minimum Gasteiger partial charge on any atom is -0.374 e. The van der Waals surface area contributed by atoms with E-state index in [0.717, 1.165) is 0 Å². The van der Waals surface area contributed by atoms with Crippen LogP contribution < -0.4 is 10.6 Å². The lowest BCUT2D eigenvalue weighted by molar-refractivity contribution is -0.121. The highest BCUT2D eigenvalue weighted by Crippen LogP contribution is 2.15. The van der Waals surface area contributed by atoms with Crippen molar-refractivity contribution in [3.8, 4) is 12.1 Å². The number of hydrogen-bond donors (Lipinski definition) is 2. The molecule has 19 heavy (non-hydrogen) atoms. The summed E-state index contributed by atoms with van der Waals surface area (Å²) in [5.74, 6) is -0.164. The van der Waals surface area contributed by atoms with Gasteiger partial charge in [0.1, 0.15) is 18.2 Å². The van der Waals surface area contributed by atoms with Crippen molar-refractivity contribution in [1.82, 2.24) is 5.32 Å². The Morgan fingerprint density at radius 1 is 1.42 bits per heavy atom. The average Bonchev–Trinajstić information content (AvgIpc) is 2.44. The van der Waals surface area contributed by atoms with E-state index in [9.17, 15) is 4.79 Å². The molecule has 0 radical (unpaired) electrons. The van der Waals surface area contributed by atoms with Gasteiger partial charge in [-0.05, 0) is 25.1 Å². The number of carbonyl (C=O) groups is 1. The van der Waals surface area contributed by atoms with Crippen molar-refractivity contribution in [2.24, 2.45) is 0 Å². The van der Waals surface area contributed by atoms with Crippen LogP contribution in [-0.4, -0.2) is 18.5 Å². The minimum absolute atomic E-state index is 0.164. The van der Waals surface area contributed by atoms with Gasteiger partial charge < -0.3 is 10.6 Å². The SMILES string of the molecule is C=CCNC(=O)C(C)Nc1ccc(C#N)c(C#N)c1. The maximum Gasteiger partial charge on any atom is 0.242 e. The molecule has 0 heterocycles. The molecule has 2 N–H and O–H groups in total. The van der Waals surface area contributed by atoms with E-state index in [-0.39, 0.29) is 11.5 Å². The Morgan fingerprint density at radius 2 is 2.11 bits per heavy atom. The normalized spacial score (nSPS) is 10.7. The zero-order valence-electron chi connectivity index (χ0n) is 10.6. The Labute approximate surface area is 112 Å². The molecular weight excluding hydrogens is 240 g/mol. The Morgan fingerprint density at radius 3 is 2.68 bits per heavy atom. The summed E-state index contributed by atoms with van der Waals surface area (Å²) in [4.78, 5) is 11.6. The first-order valence-corrected chi connectivity index (χ1v) is 5.71. The maximum atomic E-state index is 11.6. The van der Waals surface area contributed by atoms with Crippen molar-refractivity contribution in [1.29, 1.82) is 10.5 Å². The number of rotatable bonds is 5. The third kappa shape index (κ3) is 3.86. The maximum absolute atomic E-state index is 11.6. The second kappa shape index (κ2) is 6.83. The summed E-state index contributed by atoms with van der Waals surface area (Å²) in [5.41, 5.74) is 1.22. The molecule has 5 nitrogen and oxygen atoms in total. The van der Waals surface area contributed by atoms with Crippen molar-refractivity contribution in [3.05, 3.63) is 42.0 Å². The fourth-order valence-corrected chi connectivity index (χ4v) is 1.47. The van der Waals surface area contributed by atoms with Crippen LogP contribution in [0.15, 0.2) is 30.9 Å². The Bertz CT molecular complexity index is 566. The summed E-state index contributed by atoms with van der Waals surface area (Å²) >= 11 is 0. The molecule has 1 atom stereocenters. The van der Waals surface area contributed by atoms with Crippen LogP contribution in [0.3, 0.4) is 0 Å². The van der Waals surface area contributed by atoms with Crippen molar-refractivity contribution in [2.75, 3.05) is 11.9 Å². The number of nitrogens with one attached hydrogen (secondary N) is 2. The number of nitrogens with zero attached hydrogens (tertiary/aromatic N) is 2. The van der Waals surface area contributed by atoms with Crippen LogP contribution in [0.2, 0.25) is 0 Å². The highest BCUT2D eigenvalue weighted by atomic mass is 16.2. The summed E-state index contributed by atoms with van der Waals surface area (Å²) in [6.07, 6.45) is 1.60. The molecule has 0 fully saturated rings. The number of amides is 1. The summed E-state index contributed by atoms with van der Waals surface area (Å²) in [6, 6.07) is 8.21. The van der Waals surface area contributed by atoms with Crippen LogP contribution in [-0.2, 0) is 4.79 Å². The van der Waals surface area contributed by atoms with E-state index in [0.29, 0.717) is 17.8 Å². The third-order valence-corrected chi connectivity index (χ3v) is 2.46. The summed E-state index contributed by atoms with van der Waals surface area (Å²) in [5, 5.41) is 23.4. The fraction of sp³-hybridized carbons (Fsp3) is 0.214. The molecule has 1 rings (SSSR count). The molecule has 1 unspecified atom stereocenters. The van der Waals surface area contributed by atoms with Crippen LogP contribution in [0.5, 0.6) is 0 Å². The molecular formula is C14H14N4O. The molecule has 0 bridgehead atoms. The van der Waals surface area contributed by atoms with Gasteiger partial charge in [0.2, 0.25) is 5.91 Å². The van der Waals surface area contributed by atoms with Crippen molar-refractivity contribution in [2.45, 2.75) is 13.0 Å². The quantitative estimate of drug-likeness (QED) is 0.780. The van der Waals surface area contributed by atoms with Crippen molar-refractivity contribution >= 4 is 11.6 Å². The smallest absolute Gasteiger partial charge is 0.242 e. The molecule has 96 valence electrons. The van der Waals surface area contributed by atoms with E-state index >= 15 is 0 Å². The predicted octanol–water partition coefficient (Wildman–Crippen LogP) is 1.53. The number of anilines is 1. The standard InChI is InChI=1S/C14H14N4O/c1-3-6-17-14(19)10(2)18-13-5-4-11(8-15)12(7-13)9-16/h3-5,7,10,18H,1,6H2,2H3,(H,17,19). The van der Waals surface area contributed by atoms with Crippen molar-refractivity contribution < 1.29 is 4.79 Å². The molecule has 1 amide bonds. The van der Waals surface area contributed by atoms with Gasteiger partial charge in [-0.25, -0.2) is 0 Å². The second-order valence-corrected chi connectivity index (χ2v) is 3.88. The molecule has 0 aliphatic rings. The number of hydrogen-bond acceptors (Lipinski definition) is 4. The first-order valence-electron chi connectivity index (χ1n) is 5.71. The zero-order chi connectivity index (χ0) is 14.3. The monoisotopic (exact) mass is 254 g/mol. The van der Waals surface area contributed by atoms with Gasteiger partial charge in [0.25, 0.3) is 0 Å². The lowest BCUT2D eigenvalue weighted by Gasteiger charge is -2.14. The number of carbonyl (C=O) groups excluding carboxylic acids is 1. The Balaban J connectivity index is 2.78. The lowest BCUT2D eigenvalue weighted by Crippen LogP contribution is -2.37. The molecule has 1 aromatic carbocycles. The Hall–Kier alpha value is -2.79. The topological polar surface area (TPSA) is 88.7 Å². The van der Waals surface area contributed by atoms with Crippen LogP contribution >= 0.6 is 0 Å². The van der Waals surface area contributed by atoms with E-state index in [1.165, 1.54) is 0 Å². The molecule has 0 aliphatic heterocycles. The zero-order valence-corrected chi connectivity index (χ0v) is 10.6. The van der Waals surface area contributed by atoms with E-state index in [1.54, 1.807) is 31.2 Å². The number of benzene rings is 1. The van der Waals surface area contributed by atoms with Crippen LogP contribution in [0.1, 0.15) is 18.1 Å². The van der Waals surface area contributed by atoms with E-state index in [4.69, 9.17) is 10.5 Å². The highest BCUT2D eigenvalue weighted by Gasteiger charge is 2.12. The minimum atomic E-state index is -0.445. The van der Waals surface area contributed by atoms with Gasteiger partial charge in [-0.1, -0.05) is 6.08 Å². The largest absolute Gasteiger partial charge is 0.374 e. The lowest BCUT2D eigenvalue weighted by atomic mass is 10.1. The van der Waals surface area contributed by atoms with Gasteiger partial charge >= 0.3 is 0 Å². The average molecular weight is 254 g/mol. The molecule has 0 aliphatic carbocycles. The Kier molecular flexibility index (Phi) is 5.13.